The van der Waals surface area contributed by atoms with Gasteiger partial charge in [-0.05, 0) is 50.0 Å². The second-order valence-corrected chi connectivity index (χ2v) is 7.40. The molecule has 0 atom stereocenters. The molecule has 112 valence electrons. The van der Waals surface area contributed by atoms with E-state index in [-0.39, 0.29) is 0 Å². The van der Waals surface area contributed by atoms with E-state index in [0.29, 0.717) is 5.41 Å². The first kappa shape index (κ1) is 15.3. The molecule has 2 nitrogen and oxygen atoms in total. The summed E-state index contributed by atoms with van der Waals surface area (Å²) in [6.45, 7) is 13.4. The summed E-state index contributed by atoms with van der Waals surface area (Å²) in [4.78, 5) is 2.83. The van der Waals surface area contributed by atoms with Crippen LogP contribution in [0.25, 0.3) is 0 Å². The summed E-state index contributed by atoms with van der Waals surface area (Å²) in [5, 5.41) is 3.44. The molecule has 0 spiro atoms. The van der Waals surface area contributed by atoms with Crippen LogP contribution in [-0.2, 0) is 0 Å². The summed E-state index contributed by atoms with van der Waals surface area (Å²) < 4.78 is 0. The van der Waals surface area contributed by atoms with E-state index in [2.05, 4.69) is 37.9 Å². The van der Waals surface area contributed by atoms with Crippen LogP contribution in [0.15, 0.2) is 0 Å². The lowest BCUT2D eigenvalue weighted by Gasteiger charge is -2.47. The van der Waals surface area contributed by atoms with E-state index >= 15 is 0 Å². The molecule has 1 heterocycles. The average Bonchev–Trinajstić information content (AvgIpc) is 2.36. The van der Waals surface area contributed by atoms with Gasteiger partial charge in [0.05, 0.1) is 0 Å². The minimum Gasteiger partial charge on any atom is -0.314 e. The van der Waals surface area contributed by atoms with Gasteiger partial charge in [0.25, 0.3) is 0 Å². The third-order valence-corrected chi connectivity index (χ3v) is 5.89. The Bertz CT molecular complexity index is 262. The van der Waals surface area contributed by atoms with E-state index in [1.165, 1.54) is 58.2 Å². The van der Waals surface area contributed by atoms with Crippen molar-refractivity contribution >= 4 is 0 Å². The first-order valence-electron chi connectivity index (χ1n) is 8.55. The van der Waals surface area contributed by atoms with Crippen LogP contribution < -0.4 is 5.32 Å². The highest BCUT2D eigenvalue weighted by Crippen LogP contribution is 2.41. The summed E-state index contributed by atoms with van der Waals surface area (Å²) in [5.41, 5.74) is 0.554. The van der Waals surface area contributed by atoms with E-state index in [0.717, 1.165) is 18.0 Å². The van der Waals surface area contributed by atoms with Crippen molar-refractivity contribution in [1.29, 1.82) is 0 Å². The summed E-state index contributed by atoms with van der Waals surface area (Å²) in [6.07, 6.45) is 8.40. The Kier molecular flexibility index (Phi) is 5.30. The molecule has 1 aliphatic carbocycles. The zero-order valence-corrected chi connectivity index (χ0v) is 13.5. The number of hydrogen-bond acceptors (Lipinski definition) is 2. The fourth-order valence-corrected chi connectivity index (χ4v) is 3.91. The Labute approximate surface area is 120 Å². The third-order valence-electron chi connectivity index (χ3n) is 5.89. The standard InChI is InChI=1S/C17H34N2/c1-5-11-19(16-12-18-13-16)15-9-7-14(8-10-15)17(3,4)6-2/h14-16,18H,5-13H2,1-4H3. The lowest BCUT2D eigenvalue weighted by molar-refractivity contribution is 0.0420. The normalized spacial score (nSPS) is 29.5. The second-order valence-electron chi connectivity index (χ2n) is 7.40. The molecule has 2 heteroatoms. The predicted molar refractivity (Wildman–Crippen MR) is 83.5 cm³/mol. The summed E-state index contributed by atoms with van der Waals surface area (Å²) in [6, 6.07) is 1.71. The molecule has 0 bridgehead atoms. The zero-order chi connectivity index (χ0) is 13.9. The summed E-state index contributed by atoms with van der Waals surface area (Å²) >= 11 is 0. The SMILES string of the molecule is CCCN(C1CCC(C(C)(C)CC)CC1)C1CNC1. The van der Waals surface area contributed by atoms with E-state index in [1.54, 1.807) is 0 Å². The van der Waals surface area contributed by atoms with Crippen LogP contribution in [0.4, 0.5) is 0 Å². The van der Waals surface area contributed by atoms with E-state index in [4.69, 9.17) is 0 Å². The molecule has 1 N–H and O–H groups in total. The van der Waals surface area contributed by atoms with Crippen molar-refractivity contribution in [2.45, 2.75) is 78.3 Å². The molecule has 0 aromatic heterocycles. The predicted octanol–water partition coefficient (Wildman–Crippen LogP) is 3.67. The Balaban J connectivity index is 1.87. The Morgan fingerprint density at radius 1 is 1.00 bits per heavy atom. The molecule has 1 aliphatic heterocycles. The number of hydrogen-bond donors (Lipinski definition) is 1. The topological polar surface area (TPSA) is 15.3 Å². The van der Waals surface area contributed by atoms with E-state index in [9.17, 15) is 0 Å². The van der Waals surface area contributed by atoms with Gasteiger partial charge in [0.1, 0.15) is 0 Å². The minimum absolute atomic E-state index is 0.554. The molecule has 0 aromatic rings. The van der Waals surface area contributed by atoms with Crippen molar-refractivity contribution < 1.29 is 0 Å². The van der Waals surface area contributed by atoms with Crippen LogP contribution in [0.5, 0.6) is 0 Å². The molecule has 0 radical (unpaired) electrons. The van der Waals surface area contributed by atoms with Crippen molar-refractivity contribution in [2.75, 3.05) is 19.6 Å². The van der Waals surface area contributed by atoms with Crippen molar-refractivity contribution in [2.24, 2.45) is 11.3 Å². The Morgan fingerprint density at radius 3 is 2.05 bits per heavy atom. The number of rotatable bonds is 6. The highest BCUT2D eigenvalue weighted by Gasteiger charge is 2.36. The molecule has 2 fully saturated rings. The van der Waals surface area contributed by atoms with Crippen molar-refractivity contribution in [3.8, 4) is 0 Å². The molecule has 19 heavy (non-hydrogen) atoms. The van der Waals surface area contributed by atoms with Crippen LogP contribution in [-0.4, -0.2) is 36.6 Å². The molecule has 2 aliphatic rings. The Hall–Kier alpha value is -0.0800. The molecule has 1 saturated heterocycles. The first-order valence-corrected chi connectivity index (χ1v) is 8.55. The van der Waals surface area contributed by atoms with Gasteiger partial charge < -0.3 is 5.32 Å². The largest absolute Gasteiger partial charge is 0.314 e. The van der Waals surface area contributed by atoms with Gasteiger partial charge in [-0.2, -0.15) is 0 Å². The van der Waals surface area contributed by atoms with Crippen molar-refractivity contribution in [1.82, 2.24) is 10.2 Å². The number of nitrogens with zero attached hydrogens (tertiary/aromatic N) is 1. The van der Waals surface area contributed by atoms with Crippen molar-refractivity contribution in [3.05, 3.63) is 0 Å². The van der Waals surface area contributed by atoms with Crippen LogP contribution in [0.3, 0.4) is 0 Å². The maximum atomic E-state index is 3.44. The average molecular weight is 266 g/mol. The van der Waals surface area contributed by atoms with E-state index in [1.807, 2.05) is 0 Å². The van der Waals surface area contributed by atoms with Crippen LogP contribution in [0.2, 0.25) is 0 Å². The molecular formula is C17H34N2. The van der Waals surface area contributed by atoms with Crippen LogP contribution >= 0.6 is 0 Å². The molecule has 1 saturated carbocycles. The van der Waals surface area contributed by atoms with Gasteiger partial charge in [0, 0.05) is 25.2 Å². The van der Waals surface area contributed by atoms with Gasteiger partial charge >= 0.3 is 0 Å². The van der Waals surface area contributed by atoms with Crippen molar-refractivity contribution in [3.63, 3.8) is 0 Å². The maximum absolute atomic E-state index is 3.44. The fourth-order valence-electron chi connectivity index (χ4n) is 3.91. The smallest absolute Gasteiger partial charge is 0.0348 e. The fraction of sp³-hybridized carbons (Fsp3) is 1.00. The summed E-state index contributed by atoms with van der Waals surface area (Å²) in [7, 11) is 0. The molecule has 2 rings (SSSR count). The monoisotopic (exact) mass is 266 g/mol. The quantitative estimate of drug-likeness (QED) is 0.789. The highest BCUT2D eigenvalue weighted by atomic mass is 15.3. The molecule has 0 unspecified atom stereocenters. The van der Waals surface area contributed by atoms with Gasteiger partial charge in [-0.1, -0.05) is 34.1 Å². The summed E-state index contributed by atoms with van der Waals surface area (Å²) in [5.74, 6) is 0.955. The second kappa shape index (κ2) is 6.58. The van der Waals surface area contributed by atoms with Crippen LogP contribution in [0, 0.1) is 11.3 Å². The lowest BCUT2D eigenvalue weighted by Crippen LogP contribution is -2.60. The molecule has 0 aromatic carbocycles. The molecule has 0 amide bonds. The van der Waals surface area contributed by atoms with Gasteiger partial charge in [-0.3, -0.25) is 4.90 Å². The Morgan fingerprint density at radius 2 is 1.63 bits per heavy atom. The zero-order valence-electron chi connectivity index (χ0n) is 13.5. The van der Waals surface area contributed by atoms with Gasteiger partial charge in [0.2, 0.25) is 0 Å². The minimum atomic E-state index is 0.554. The first-order chi connectivity index (χ1) is 9.08. The van der Waals surface area contributed by atoms with E-state index < -0.39 is 0 Å². The van der Waals surface area contributed by atoms with Gasteiger partial charge in [-0.15, -0.1) is 0 Å². The third kappa shape index (κ3) is 3.52. The lowest BCUT2D eigenvalue weighted by atomic mass is 9.68. The molecular weight excluding hydrogens is 232 g/mol. The van der Waals surface area contributed by atoms with Gasteiger partial charge in [0.15, 0.2) is 0 Å². The highest BCUT2D eigenvalue weighted by molar-refractivity contribution is 4.92. The maximum Gasteiger partial charge on any atom is 0.0348 e. The van der Waals surface area contributed by atoms with Gasteiger partial charge in [-0.25, -0.2) is 0 Å². The van der Waals surface area contributed by atoms with Crippen LogP contribution in [0.1, 0.15) is 66.2 Å². The number of nitrogens with one attached hydrogen (secondary N) is 1.